The number of carbonyl (C=O) groups excluding carboxylic acids is 4. The maximum Gasteiger partial charge on any atom is 0.303 e. The van der Waals surface area contributed by atoms with Crippen molar-refractivity contribution in [2.45, 2.75) is 62.2 Å². The summed E-state index contributed by atoms with van der Waals surface area (Å²) in [6, 6.07) is 0. The van der Waals surface area contributed by atoms with Crippen molar-refractivity contribution in [2.24, 2.45) is 0 Å². The molecule has 1 rings (SSSR count). The van der Waals surface area contributed by atoms with E-state index >= 15 is 0 Å². The van der Waals surface area contributed by atoms with Crippen LogP contribution in [-0.2, 0) is 47.6 Å². The second-order valence-corrected chi connectivity index (χ2v) is 8.29. The fourth-order valence-electron chi connectivity index (χ4n) is 2.47. The number of esters is 4. The minimum atomic E-state index is -2.29. The Labute approximate surface area is 186 Å². The first-order chi connectivity index (χ1) is 13.7. The molecule has 0 aromatic carbocycles. The topological polar surface area (TPSA) is 148 Å². The summed E-state index contributed by atoms with van der Waals surface area (Å²) in [5.41, 5.74) is 0. The van der Waals surface area contributed by atoms with Crippen molar-refractivity contribution in [2.75, 3.05) is 6.61 Å². The Kier molecular flexibility index (Phi) is 9.60. The minimum absolute atomic E-state index is 0.460. The van der Waals surface area contributed by atoms with Gasteiger partial charge in [0.15, 0.2) is 12.2 Å². The highest BCUT2D eigenvalue weighted by Gasteiger charge is 2.54. The number of carbonyl (C=O) groups is 4. The quantitative estimate of drug-likeness (QED) is 0.190. The Balaban J connectivity index is 3.37. The Hall–Kier alpha value is -1.82. The van der Waals surface area contributed by atoms with Gasteiger partial charge in [-0.25, -0.2) is 0 Å². The maximum atomic E-state index is 11.7. The molecule has 0 aromatic rings. The Morgan fingerprint density at radius 3 is 1.70 bits per heavy atom. The SMILES string of the molecule is CC(=O)OCC1O[C@@H](OC(=N)C(Cl)(Cl)Cl)C(OC(C)=O)C(OC(C)=O)[C@H]1OC(C)=O. The normalized spacial score (nSPS) is 26.2. The summed E-state index contributed by atoms with van der Waals surface area (Å²) in [6.45, 7) is 3.86. The van der Waals surface area contributed by atoms with Crippen LogP contribution in [-0.4, -0.2) is 70.9 Å². The third-order valence-corrected chi connectivity index (χ3v) is 3.95. The van der Waals surface area contributed by atoms with Crippen LogP contribution < -0.4 is 0 Å². The van der Waals surface area contributed by atoms with Crippen molar-refractivity contribution in [3.63, 3.8) is 0 Å². The van der Waals surface area contributed by atoms with Gasteiger partial charge in [0.25, 0.3) is 3.79 Å². The molecule has 0 amide bonds. The zero-order valence-electron chi connectivity index (χ0n) is 16.3. The zero-order valence-corrected chi connectivity index (χ0v) is 18.6. The van der Waals surface area contributed by atoms with Crippen molar-refractivity contribution in [3.8, 4) is 0 Å². The molecular weight excluding hydrogens is 473 g/mol. The third kappa shape index (κ3) is 8.13. The van der Waals surface area contributed by atoms with E-state index in [1.165, 1.54) is 0 Å². The lowest BCUT2D eigenvalue weighted by Gasteiger charge is -2.44. The average Bonchev–Trinajstić information content (AvgIpc) is 2.56. The summed E-state index contributed by atoms with van der Waals surface area (Å²) in [6.07, 6.45) is -7.25. The van der Waals surface area contributed by atoms with Crippen LogP contribution in [0.1, 0.15) is 27.7 Å². The molecule has 3 unspecified atom stereocenters. The van der Waals surface area contributed by atoms with Gasteiger partial charge in [-0.3, -0.25) is 24.6 Å². The van der Waals surface area contributed by atoms with Gasteiger partial charge in [-0.05, 0) is 0 Å². The molecule has 0 bridgehead atoms. The number of rotatable bonds is 6. The Morgan fingerprint density at radius 1 is 0.800 bits per heavy atom. The molecule has 0 saturated carbocycles. The van der Waals surface area contributed by atoms with Gasteiger partial charge < -0.3 is 28.4 Å². The number of hydrogen-bond acceptors (Lipinski definition) is 11. The predicted molar refractivity (Wildman–Crippen MR) is 101 cm³/mol. The second kappa shape index (κ2) is 11.0. The molecule has 11 nitrogen and oxygen atoms in total. The fourth-order valence-corrected chi connectivity index (χ4v) is 2.60. The van der Waals surface area contributed by atoms with Crippen LogP contribution in [0.5, 0.6) is 0 Å². The first-order valence-electron chi connectivity index (χ1n) is 8.35. The van der Waals surface area contributed by atoms with E-state index < -0.39 is 70.9 Å². The molecule has 1 saturated heterocycles. The van der Waals surface area contributed by atoms with Gasteiger partial charge in [-0.1, -0.05) is 34.8 Å². The van der Waals surface area contributed by atoms with E-state index in [2.05, 4.69) is 0 Å². The monoisotopic (exact) mass is 491 g/mol. The van der Waals surface area contributed by atoms with Crippen LogP contribution in [0, 0.1) is 5.41 Å². The van der Waals surface area contributed by atoms with Gasteiger partial charge >= 0.3 is 23.9 Å². The number of ether oxygens (including phenoxy) is 6. The first kappa shape index (κ1) is 26.2. The van der Waals surface area contributed by atoms with E-state index in [1.807, 2.05) is 0 Å². The van der Waals surface area contributed by atoms with E-state index in [9.17, 15) is 19.2 Å². The van der Waals surface area contributed by atoms with Gasteiger partial charge in [0, 0.05) is 27.7 Å². The highest BCUT2D eigenvalue weighted by Crippen LogP contribution is 2.33. The number of nitrogens with one attached hydrogen (secondary N) is 1. The molecule has 170 valence electrons. The summed E-state index contributed by atoms with van der Waals surface area (Å²) in [7, 11) is 0. The fraction of sp³-hybridized carbons (Fsp3) is 0.688. The molecule has 0 aliphatic carbocycles. The number of alkyl halides is 3. The predicted octanol–water partition coefficient (Wildman–Crippen LogP) is 1.43. The smallest absolute Gasteiger partial charge is 0.303 e. The highest BCUT2D eigenvalue weighted by atomic mass is 35.6. The second-order valence-electron chi connectivity index (χ2n) is 6.01. The van der Waals surface area contributed by atoms with Crippen LogP contribution in [0.4, 0.5) is 0 Å². The van der Waals surface area contributed by atoms with Gasteiger partial charge in [-0.2, -0.15) is 0 Å². The summed E-state index contributed by atoms with van der Waals surface area (Å²) in [5.74, 6) is -4.03. The Morgan fingerprint density at radius 2 is 1.27 bits per heavy atom. The first-order valence-corrected chi connectivity index (χ1v) is 9.48. The van der Waals surface area contributed by atoms with E-state index in [0.717, 1.165) is 27.7 Å². The molecule has 0 aromatic heterocycles. The lowest BCUT2D eigenvalue weighted by Crippen LogP contribution is -2.63. The summed E-state index contributed by atoms with van der Waals surface area (Å²) < 4.78 is 28.9. The Bertz CT molecular complexity index is 695. The van der Waals surface area contributed by atoms with Crippen molar-refractivity contribution in [1.29, 1.82) is 5.41 Å². The molecular formula is C16H20Cl3NO10. The molecule has 1 heterocycles. The summed E-state index contributed by atoms with van der Waals surface area (Å²) in [4.78, 5) is 46.1. The van der Waals surface area contributed by atoms with Crippen LogP contribution in [0.25, 0.3) is 0 Å². The van der Waals surface area contributed by atoms with Crippen LogP contribution in [0.2, 0.25) is 0 Å². The van der Waals surface area contributed by atoms with E-state index in [4.69, 9.17) is 68.6 Å². The van der Waals surface area contributed by atoms with Crippen LogP contribution in [0.3, 0.4) is 0 Å². The van der Waals surface area contributed by atoms with Crippen LogP contribution >= 0.6 is 34.8 Å². The highest BCUT2D eigenvalue weighted by molar-refractivity contribution is 6.76. The summed E-state index contributed by atoms with van der Waals surface area (Å²) in [5, 5.41) is 7.74. The average molecular weight is 493 g/mol. The van der Waals surface area contributed by atoms with Crippen molar-refractivity contribution >= 4 is 64.6 Å². The van der Waals surface area contributed by atoms with Gasteiger partial charge in [0.05, 0.1) is 0 Å². The lowest BCUT2D eigenvalue weighted by molar-refractivity contribution is -0.292. The molecule has 1 aliphatic heterocycles. The van der Waals surface area contributed by atoms with E-state index in [-0.39, 0.29) is 0 Å². The molecule has 1 aliphatic rings. The maximum absolute atomic E-state index is 11.7. The van der Waals surface area contributed by atoms with E-state index in [1.54, 1.807) is 0 Å². The van der Waals surface area contributed by atoms with Gasteiger partial charge in [-0.15, -0.1) is 0 Å². The van der Waals surface area contributed by atoms with Gasteiger partial charge in [0.1, 0.15) is 12.7 Å². The lowest BCUT2D eigenvalue weighted by atomic mass is 9.98. The number of hydrogen-bond donors (Lipinski definition) is 1. The molecule has 5 atom stereocenters. The molecule has 1 fully saturated rings. The zero-order chi connectivity index (χ0) is 23.2. The molecule has 0 spiro atoms. The molecule has 0 radical (unpaired) electrons. The summed E-state index contributed by atoms with van der Waals surface area (Å²) >= 11 is 16.8. The van der Waals surface area contributed by atoms with Crippen molar-refractivity contribution in [1.82, 2.24) is 0 Å². The standard InChI is InChI=1S/C16H20Cl3NO10/c1-6(21)25-5-10-11(26-7(2)22)12(27-8(3)23)13(28-9(4)24)14(29-10)30-15(20)16(17,18)19/h10-14,20H,5H2,1-4H3/t10?,11-,12?,13?,14-/m0/s1. The van der Waals surface area contributed by atoms with E-state index in [0.29, 0.717) is 0 Å². The van der Waals surface area contributed by atoms with Gasteiger partial charge in [0.2, 0.25) is 18.3 Å². The largest absolute Gasteiger partial charge is 0.463 e. The molecule has 14 heteroatoms. The van der Waals surface area contributed by atoms with Crippen molar-refractivity contribution < 1.29 is 47.6 Å². The number of halogens is 3. The molecule has 1 N–H and O–H groups in total. The third-order valence-electron chi connectivity index (χ3n) is 3.44. The molecule has 30 heavy (non-hydrogen) atoms. The minimum Gasteiger partial charge on any atom is -0.463 e. The van der Waals surface area contributed by atoms with Crippen molar-refractivity contribution in [3.05, 3.63) is 0 Å². The van der Waals surface area contributed by atoms with Crippen LogP contribution in [0.15, 0.2) is 0 Å².